The predicted octanol–water partition coefficient (Wildman–Crippen LogP) is 4.68. The lowest BCUT2D eigenvalue weighted by Gasteiger charge is -2.11. The molecule has 0 saturated carbocycles. The Morgan fingerprint density at radius 3 is 2.17 bits per heavy atom. The summed E-state index contributed by atoms with van der Waals surface area (Å²) in [6.45, 7) is 2.97. The van der Waals surface area contributed by atoms with Crippen molar-refractivity contribution in [2.75, 3.05) is 6.61 Å². The lowest BCUT2D eigenvalue weighted by atomic mass is 10.0. The van der Waals surface area contributed by atoms with E-state index in [-0.39, 0.29) is 6.42 Å². The predicted molar refractivity (Wildman–Crippen MR) is 93.7 cm³/mol. The number of benzene rings is 1. The fourth-order valence-electron chi connectivity index (χ4n) is 2.54. The van der Waals surface area contributed by atoms with Crippen molar-refractivity contribution in [3.05, 3.63) is 29.8 Å². The van der Waals surface area contributed by atoms with Crippen LogP contribution in [0.3, 0.4) is 0 Å². The zero-order chi connectivity index (χ0) is 16.9. The molecule has 0 fully saturated rings. The van der Waals surface area contributed by atoms with Crippen LogP contribution in [-0.2, 0) is 4.79 Å². The van der Waals surface area contributed by atoms with E-state index >= 15 is 0 Å². The van der Waals surface area contributed by atoms with E-state index in [1.54, 1.807) is 0 Å². The van der Waals surface area contributed by atoms with Crippen LogP contribution < -0.4 is 10.5 Å². The van der Waals surface area contributed by atoms with Crippen LogP contribution in [0.2, 0.25) is 0 Å². The maximum atomic E-state index is 10.6. The molecule has 0 heterocycles. The number of carbonyl (C=O) groups is 1. The summed E-state index contributed by atoms with van der Waals surface area (Å²) in [5.41, 5.74) is 6.65. The molecule has 0 saturated heterocycles. The topological polar surface area (TPSA) is 72.5 Å². The highest BCUT2D eigenvalue weighted by Crippen LogP contribution is 2.19. The van der Waals surface area contributed by atoms with Gasteiger partial charge in [-0.25, -0.2) is 0 Å². The van der Waals surface area contributed by atoms with Gasteiger partial charge in [0.1, 0.15) is 5.75 Å². The van der Waals surface area contributed by atoms with Crippen molar-refractivity contribution in [1.29, 1.82) is 0 Å². The summed E-state index contributed by atoms with van der Waals surface area (Å²) in [6.07, 6.45) is 10.2. The number of carboxylic acids is 1. The lowest BCUT2D eigenvalue weighted by molar-refractivity contribution is -0.137. The Morgan fingerprint density at radius 2 is 1.61 bits per heavy atom. The summed E-state index contributed by atoms with van der Waals surface area (Å²) >= 11 is 0. The standard InChI is InChI=1S/C19H31NO3/c1-2-3-4-5-6-7-8-9-14-23-17-12-10-16(11-13-17)18(20)15-19(21)22/h10-13,18H,2-9,14-15,20H2,1H3,(H,21,22). The van der Waals surface area contributed by atoms with Crippen LogP contribution >= 0.6 is 0 Å². The Morgan fingerprint density at radius 1 is 1.04 bits per heavy atom. The van der Waals surface area contributed by atoms with Crippen LogP contribution in [0.1, 0.15) is 76.3 Å². The number of hydrogen-bond acceptors (Lipinski definition) is 3. The van der Waals surface area contributed by atoms with E-state index in [2.05, 4.69) is 6.92 Å². The Kier molecular flexibility index (Phi) is 10.1. The van der Waals surface area contributed by atoms with Crippen molar-refractivity contribution in [2.45, 2.75) is 70.8 Å². The molecule has 0 radical (unpaired) electrons. The van der Waals surface area contributed by atoms with Crippen LogP contribution in [0.4, 0.5) is 0 Å². The highest BCUT2D eigenvalue weighted by molar-refractivity contribution is 5.67. The van der Waals surface area contributed by atoms with Gasteiger partial charge in [0, 0.05) is 6.04 Å². The molecule has 4 heteroatoms. The molecule has 0 amide bonds. The smallest absolute Gasteiger partial charge is 0.305 e. The molecule has 0 aliphatic rings. The molecule has 3 N–H and O–H groups in total. The first-order chi connectivity index (χ1) is 11.1. The van der Waals surface area contributed by atoms with Gasteiger partial charge in [0.25, 0.3) is 0 Å². The number of nitrogens with two attached hydrogens (primary N) is 1. The van der Waals surface area contributed by atoms with Gasteiger partial charge in [0.2, 0.25) is 0 Å². The molecule has 0 aromatic heterocycles. The number of aliphatic carboxylic acids is 1. The first-order valence-electron chi connectivity index (χ1n) is 8.83. The largest absolute Gasteiger partial charge is 0.494 e. The summed E-state index contributed by atoms with van der Waals surface area (Å²) in [6, 6.07) is 6.95. The van der Waals surface area contributed by atoms with Gasteiger partial charge < -0.3 is 15.6 Å². The fourth-order valence-corrected chi connectivity index (χ4v) is 2.54. The molecule has 1 aromatic carbocycles. The number of unbranched alkanes of at least 4 members (excludes halogenated alkanes) is 7. The maximum Gasteiger partial charge on any atom is 0.305 e. The van der Waals surface area contributed by atoms with Gasteiger partial charge in [0.05, 0.1) is 13.0 Å². The highest BCUT2D eigenvalue weighted by atomic mass is 16.5. The minimum absolute atomic E-state index is 0.0571. The number of carboxylic acid groups (broad SMARTS) is 1. The van der Waals surface area contributed by atoms with Gasteiger partial charge in [-0.2, -0.15) is 0 Å². The van der Waals surface area contributed by atoms with Gasteiger partial charge in [0.15, 0.2) is 0 Å². The summed E-state index contributed by atoms with van der Waals surface area (Å²) in [5, 5.41) is 8.74. The molecule has 0 bridgehead atoms. The van der Waals surface area contributed by atoms with E-state index < -0.39 is 12.0 Å². The molecule has 1 rings (SSSR count). The van der Waals surface area contributed by atoms with E-state index in [1.165, 1.54) is 44.9 Å². The fraction of sp³-hybridized carbons (Fsp3) is 0.632. The van der Waals surface area contributed by atoms with Crippen molar-refractivity contribution in [2.24, 2.45) is 5.73 Å². The van der Waals surface area contributed by atoms with Crippen LogP contribution in [0, 0.1) is 0 Å². The molecule has 0 aliphatic carbocycles. The molecule has 0 spiro atoms. The quantitative estimate of drug-likeness (QED) is 0.517. The zero-order valence-corrected chi connectivity index (χ0v) is 14.3. The normalized spacial score (nSPS) is 12.1. The van der Waals surface area contributed by atoms with Crippen LogP contribution in [0.5, 0.6) is 5.75 Å². The van der Waals surface area contributed by atoms with Gasteiger partial charge in [-0.15, -0.1) is 0 Å². The molecule has 1 atom stereocenters. The van der Waals surface area contributed by atoms with Crippen LogP contribution in [0.15, 0.2) is 24.3 Å². The van der Waals surface area contributed by atoms with E-state index in [4.69, 9.17) is 15.6 Å². The summed E-state index contributed by atoms with van der Waals surface area (Å²) in [5.74, 6) is -0.0632. The lowest BCUT2D eigenvalue weighted by Crippen LogP contribution is -2.14. The summed E-state index contributed by atoms with van der Waals surface area (Å²) < 4.78 is 5.71. The average molecular weight is 321 g/mol. The van der Waals surface area contributed by atoms with E-state index in [1.807, 2.05) is 24.3 Å². The van der Waals surface area contributed by atoms with Crippen LogP contribution in [-0.4, -0.2) is 17.7 Å². The Hall–Kier alpha value is -1.55. The zero-order valence-electron chi connectivity index (χ0n) is 14.3. The molecule has 4 nitrogen and oxygen atoms in total. The monoisotopic (exact) mass is 321 g/mol. The van der Waals surface area contributed by atoms with Gasteiger partial charge in [-0.3, -0.25) is 4.79 Å². The van der Waals surface area contributed by atoms with Crippen molar-refractivity contribution in [1.82, 2.24) is 0 Å². The van der Waals surface area contributed by atoms with Gasteiger partial charge in [-0.05, 0) is 24.1 Å². The van der Waals surface area contributed by atoms with Gasteiger partial charge in [-0.1, -0.05) is 64.0 Å². The Bertz CT molecular complexity index is 431. The number of ether oxygens (including phenoxy) is 1. The number of rotatable bonds is 13. The minimum atomic E-state index is -0.882. The maximum absolute atomic E-state index is 10.6. The first-order valence-corrected chi connectivity index (χ1v) is 8.83. The summed E-state index contributed by atoms with van der Waals surface area (Å²) in [7, 11) is 0. The number of hydrogen-bond donors (Lipinski definition) is 2. The molecular weight excluding hydrogens is 290 g/mol. The third kappa shape index (κ3) is 9.24. The third-order valence-electron chi connectivity index (χ3n) is 3.97. The molecule has 1 unspecified atom stereocenters. The highest BCUT2D eigenvalue weighted by Gasteiger charge is 2.10. The molecule has 0 aliphatic heterocycles. The molecular formula is C19H31NO3. The Balaban J connectivity index is 2.12. The van der Waals surface area contributed by atoms with E-state index in [0.717, 1.165) is 24.3 Å². The summed E-state index contributed by atoms with van der Waals surface area (Å²) in [4.78, 5) is 10.6. The second-order valence-electron chi connectivity index (χ2n) is 6.10. The van der Waals surface area contributed by atoms with Crippen molar-refractivity contribution in [3.63, 3.8) is 0 Å². The second kappa shape index (κ2) is 11.9. The minimum Gasteiger partial charge on any atom is -0.494 e. The average Bonchev–Trinajstić information content (AvgIpc) is 2.53. The molecule has 1 aromatic rings. The van der Waals surface area contributed by atoms with E-state index in [9.17, 15) is 4.79 Å². The van der Waals surface area contributed by atoms with Crippen LogP contribution in [0.25, 0.3) is 0 Å². The molecule has 23 heavy (non-hydrogen) atoms. The van der Waals surface area contributed by atoms with Gasteiger partial charge >= 0.3 is 5.97 Å². The van der Waals surface area contributed by atoms with Crippen molar-refractivity contribution in [3.8, 4) is 5.75 Å². The SMILES string of the molecule is CCCCCCCCCCOc1ccc(C(N)CC(=O)O)cc1. The first kappa shape index (κ1) is 19.5. The van der Waals surface area contributed by atoms with E-state index in [0.29, 0.717) is 0 Å². The van der Waals surface area contributed by atoms with Crippen molar-refractivity contribution < 1.29 is 14.6 Å². The molecule has 130 valence electrons. The third-order valence-corrected chi connectivity index (χ3v) is 3.97. The second-order valence-corrected chi connectivity index (χ2v) is 6.10. The Labute approximate surface area is 140 Å². The van der Waals surface area contributed by atoms with Crippen molar-refractivity contribution >= 4 is 5.97 Å².